The predicted molar refractivity (Wildman–Crippen MR) is 46.8 cm³/mol. The molecule has 0 bridgehead atoms. The van der Waals surface area contributed by atoms with E-state index in [1.807, 2.05) is 6.07 Å². The molecule has 0 spiro atoms. The lowest BCUT2D eigenvalue weighted by Gasteiger charge is -2.28. The zero-order valence-electron chi connectivity index (χ0n) is 6.48. The number of hydrogen-bond acceptors (Lipinski definition) is 1. The summed E-state index contributed by atoms with van der Waals surface area (Å²) >= 11 is 5.55. The van der Waals surface area contributed by atoms with E-state index < -0.39 is 0 Å². The second-order valence-corrected chi connectivity index (χ2v) is 3.38. The number of rotatable bonds is 1. The highest BCUT2D eigenvalue weighted by Gasteiger charge is 2.18. The van der Waals surface area contributed by atoms with Gasteiger partial charge in [0.05, 0.1) is 5.02 Å². The van der Waals surface area contributed by atoms with Gasteiger partial charge < -0.3 is 5.32 Å². The molecule has 1 aromatic carbocycles. The minimum Gasteiger partial charge on any atom is -0.310 e. The fourth-order valence-corrected chi connectivity index (χ4v) is 1.42. The minimum atomic E-state index is -0.331. The molecule has 12 heavy (non-hydrogen) atoms. The average Bonchev–Trinajstić information content (AvgIpc) is 1.93. The molecule has 1 N–H and O–H groups in total. The van der Waals surface area contributed by atoms with Crippen LogP contribution >= 0.6 is 11.6 Å². The van der Waals surface area contributed by atoms with Crippen molar-refractivity contribution in [3.8, 4) is 0 Å². The zero-order chi connectivity index (χ0) is 8.55. The van der Waals surface area contributed by atoms with Crippen molar-refractivity contribution < 1.29 is 4.39 Å². The van der Waals surface area contributed by atoms with Gasteiger partial charge in [-0.05, 0) is 30.7 Å². The predicted octanol–water partition coefficient (Wildman–Crippen LogP) is 2.51. The summed E-state index contributed by atoms with van der Waals surface area (Å²) in [4.78, 5) is 0. The van der Waals surface area contributed by atoms with Gasteiger partial charge in [0.25, 0.3) is 0 Å². The minimum absolute atomic E-state index is 0.193. The molecule has 1 aromatic rings. The third-order valence-electron chi connectivity index (χ3n) is 2.17. The molecule has 2 rings (SSSR count). The molecule has 1 fully saturated rings. The lowest BCUT2D eigenvalue weighted by atomic mass is 9.98. The Balaban J connectivity index is 2.27. The molecule has 1 nitrogen and oxygen atoms in total. The molecule has 1 saturated heterocycles. The van der Waals surface area contributed by atoms with Crippen molar-refractivity contribution in [2.75, 3.05) is 6.54 Å². The summed E-state index contributed by atoms with van der Waals surface area (Å²) in [7, 11) is 0. The number of hydrogen-bond donors (Lipinski definition) is 1. The van der Waals surface area contributed by atoms with Crippen LogP contribution < -0.4 is 5.32 Å². The summed E-state index contributed by atoms with van der Waals surface area (Å²) in [5.74, 6) is -0.331. The van der Waals surface area contributed by atoms with Crippen molar-refractivity contribution in [1.29, 1.82) is 0 Å². The lowest BCUT2D eigenvalue weighted by molar-refractivity contribution is 0.382. The van der Waals surface area contributed by atoms with E-state index in [2.05, 4.69) is 5.32 Å². The van der Waals surface area contributed by atoms with Crippen molar-refractivity contribution in [3.63, 3.8) is 0 Å². The van der Waals surface area contributed by atoms with E-state index in [9.17, 15) is 4.39 Å². The van der Waals surface area contributed by atoms with E-state index in [-0.39, 0.29) is 10.8 Å². The maximum absolute atomic E-state index is 12.9. The van der Waals surface area contributed by atoms with Gasteiger partial charge in [-0.1, -0.05) is 17.7 Å². The third-order valence-corrected chi connectivity index (χ3v) is 2.48. The molecule has 0 radical (unpaired) electrons. The smallest absolute Gasteiger partial charge is 0.142 e. The molecule has 0 aliphatic carbocycles. The standard InChI is InChI=1S/C9H9ClFN/c10-7-2-1-6(5-8(7)11)9-3-4-12-9/h1-2,5,9,12H,3-4H2/t9-/m0/s1. The maximum Gasteiger partial charge on any atom is 0.142 e. The molecule has 0 saturated carbocycles. The third kappa shape index (κ3) is 1.32. The molecule has 1 atom stereocenters. The van der Waals surface area contributed by atoms with Gasteiger partial charge in [-0.15, -0.1) is 0 Å². The van der Waals surface area contributed by atoms with Gasteiger partial charge in [-0.25, -0.2) is 4.39 Å². The van der Waals surface area contributed by atoms with Gasteiger partial charge in [0.1, 0.15) is 5.82 Å². The van der Waals surface area contributed by atoms with E-state index in [1.165, 1.54) is 6.07 Å². The molecule has 1 aliphatic heterocycles. The van der Waals surface area contributed by atoms with Gasteiger partial charge in [0.2, 0.25) is 0 Å². The summed E-state index contributed by atoms with van der Waals surface area (Å²) in [6.07, 6.45) is 1.08. The molecule has 64 valence electrons. The molecular formula is C9H9ClFN. The van der Waals surface area contributed by atoms with Crippen LogP contribution in [0.5, 0.6) is 0 Å². The molecule has 1 heterocycles. The second kappa shape index (κ2) is 3.04. The van der Waals surface area contributed by atoms with Crippen molar-refractivity contribution in [1.82, 2.24) is 5.32 Å². The van der Waals surface area contributed by atoms with E-state index in [1.54, 1.807) is 6.07 Å². The summed E-state index contributed by atoms with van der Waals surface area (Å²) in [5, 5.41) is 3.39. The van der Waals surface area contributed by atoms with Crippen LogP contribution in [0.25, 0.3) is 0 Å². The summed E-state index contributed by atoms with van der Waals surface area (Å²) < 4.78 is 12.9. The molecule has 0 aromatic heterocycles. The number of benzene rings is 1. The number of nitrogens with one attached hydrogen (secondary N) is 1. The highest BCUT2D eigenvalue weighted by molar-refractivity contribution is 6.30. The van der Waals surface area contributed by atoms with Crippen molar-refractivity contribution >= 4 is 11.6 Å². The fourth-order valence-electron chi connectivity index (χ4n) is 1.30. The van der Waals surface area contributed by atoms with Crippen molar-refractivity contribution in [3.05, 3.63) is 34.6 Å². The SMILES string of the molecule is Fc1cc([C@@H]2CCN2)ccc1Cl. The van der Waals surface area contributed by atoms with Gasteiger partial charge in [0.15, 0.2) is 0 Å². The van der Waals surface area contributed by atoms with E-state index >= 15 is 0 Å². The maximum atomic E-state index is 12.9. The quantitative estimate of drug-likeness (QED) is 0.709. The second-order valence-electron chi connectivity index (χ2n) is 2.97. The van der Waals surface area contributed by atoms with Crippen LogP contribution in [0.1, 0.15) is 18.0 Å². The summed E-state index contributed by atoms with van der Waals surface area (Å²) in [6, 6.07) is 5.30. The first-order valence-corrected chi connectivity index (χ1v) is 4.33. The van der Waals surface area contributed by atoms with E-state index in [0.29, 0.717) is 6.04 Å². The first-order chi connectivity index (χ1) is 5.77. The Morgan fingerprint density at radius 2 is 2.25 bits per heavy atom. The van der Waals surface area contributed by atoms with Crippen LogP contribution in [0, 0.1) is 5.82 Å². The van der Waals surface area contributed by atoms with Crippen LogP contribution in [0.15, 0.2) is 18.2 Å². The normalized spacial score (nSPS) is 22.0. The van der Waals surface area contributed by atoms with E-state index in [4.69, 9.17) is 11.6 Å². The Labute approximate surface area is 75.5 Å². The first kappa shape index (κ1) is 8.02. The Morgan fingerprint density at radius 1 is 1.50 bits per heavy atom. The Kier molecular flexibility index (Phi) is 2.03. The van der Waals surface area contributed by atoms with Gasteiger partial charge in [0, 0.05) is 6.04 Å². The molecule has 3 heteroatoms. The molecular weight excluding hydrogens is 177 g/mol. The van der Waals surface area contributed by atoms with Crippen LogP contribution in [0.3, 0.4) is 0 Å². The fraction of sp³-hybridized carbons (Fsp3) is 0.333. The van der Waals surface area contributed by atoms with Crippen LogP contribution in [0.2, 0.25) is 5.02 Å². The zero-order valence-corrected chi connectivity index (χ0v) is 7.24. The van der Waals surface area contributed by atoms with Crippen molar-refractivity contribution in [2.24, 2.45) is 0 Å². The highest BCUT2D eigenvalue weighted by atomic mass is 35.5. The highest BCUT2D eigenvalue weighted by Crippen LogP contribution is 2.25. The van der Waals surface area contributed by atoms with Gasteiger partial charge >= 0.3 is 0 Å². The monoisotopic (exact) mass is 185 g/mol. The van der Waals surface area contributed by atoms with Gasteiger partial charge in [-0.2, -0.15) is 0 Å². The van der Waals surface area contributed by atoms with Crippen LogP contribution in [0.4, 0.5) is 4.39 Å². The topological polar surface area (TPSA) is 12.0 Å². The molecule has 1 aliphatic rings. The summed E-state index contributed by atoms with van der Waals surface area (Å²) in [5.41, 5.74) is 0.989. The average molecular weight is 186 g/mol. The van der Waals surface area contributed by atoms with Crippen molar-refractivity contribution in [2.45, 2.75) is 12.5 Å². The molecule has 0 unspecified atom stereocenters. The van der Waals surface area contributed by atoms with Gasteiger partial charge in [-0.3, -0.25) is 0 Å². The lowest BCUT2D eigenvalue weighted by Crippen LogP contribution is -2.34. The number of halogens is 2. The largest absolute Gasteiger partial charge is 0.310 e. The van der Waals surface area contributed by atoms with Crippen LogP contribution in [-0.4, -0.2) is 6.54 Å². The Morgan fingerprint density at radius 3 is 2.75 bits per heavy atom. The van der Waals surface area contributed by atoms with Crippen LogP contribution in [-0.2, 0) is 0 Å². The Hall–Kier alpha value is -0.600. The first-order valence-electron chi connectivity index (χ1n) is 3.96. The van der Waals surface area contributed by atoms with E-state index in [0.717, 1.165) is 18.5 Å². The summed E-state index contributed by atoms with van der Waals surface area (Å²) in [6.45, 7) is 1.02. The molecule has 0 amide bonds. The Bertz CT molecular complexity index is 297.